The van der Waals surface area contributed by atoms with E-state index in [0.717, 1.165) is 38.5 Å². The van der Waals surface area contributed by atoms with E-state index in [1.165, 1.54) is 135 Å². The fraction of sp³-hybridized carbons (Fsp3) is 0.846. The molecule has 0 radical (unpaired) electrons. The van der Waals surface area contributed by atoms with Crippen LogP contribution in [0, 0.1) is 0 Å². The summed E-state index contributed by atoms with van der Waals surface area (Å²) in [6.07, 6.45) is 43.4. The first-order valence-electron chi connectivity index (χ1n) is 18.8. The van der Waals surface area contributed by atoms with Crippen molar-refractivity contribution in [2.45, 2.75) is 213 Å². The Kier molecular flexibility index (Phi) is 33.6. The van der Waals surface area contributed by atoms with Crippen molar-refractivity contribution in [1.29, 1.82) is 0 Å². The van der Waals surface area contributed by atoms with E-state index >= 15 is 0 Å². The predicted molar refractivity (Wildman–Crippen MR) is 186 cm³/mol. The zero-order chi connectivity index (χ0) is 31.5. The summed E-state index contributed by atoms with van der Waals surface area (Å²) in [7, 11) is 0. The fourth-order valence-electron chi connectivity index (χ4n) is 5.62. The molecule has 0 saturated carbocycles. The average Bonchev–Trinajstić information content (AvgIpc) is 2.99. The Bertz CT molecular complexity index is 654. The number of ether oxygens (including phenoxy) is 1. The Labute approximate surface area is 267 Å². The molecule has 0 rings (SSSR count). The first kappa shape index (κ1) is 41.4. The molecule has 0 heterocycles. The number of carbonyl (C=O) groups is 2. The summed E-state index contributed by atoms with van der Waals surface area (Å²) < 4.78 is 5.71. The van der Waals surface area contributed by atoms with Crippen LogP contribution >= 0.6 is 0 Å². The lowest BCUT2D eigenvalue weighted by atomic mass is 10.0. The maximum Gasteiger partial charge on any atom is 0.306 e. The third-order valence-corrected chi connectivity index (χ3v) is 8.44. The van der Waals surface area contributed by atoms with E-state index in [2.05, 4.69) is 38.2 Å². The molecule has 4 nitrogen and oxygen atoms in total. The molecule has 0 amide bonds. The molecular formula is C39H72O4. The van der Waals surface area contributed by atoms with E-state index < -0.39 is 5.97 Å². The number of allylic oxidation sites excluding steroid dienone is 4. The lowest BCUT2D eigenvalue weighted by Crippen LogP contribution is -2.19. The molecule has 0 fully saturated rings. The van der Waals surface area contributed by atoms with Gasteiger partial charge in [-0.2, -0.15) is 0 Å². The smallest absolute Gasteiger partial charge is 0.306 e. The monoisotopic (exact) mass is 605 g/mol. The van der Waals surface area contributed by atoms with Gasteiger partial charge in [-0.15, -0.1) is 0 Å². The number of hydrogen-bond acceptors (Lipinski definition) is 3. The molecule has 252 valence electrons. The van der Waals surface area contributed by atoms with Gasteiger partial charge in [-0.05, 0) is 57.8 Å². The number of aliphatic carboxylic acids is 1. The van der Waals surface area contributed by atoms with Crippen LogP contribution in [0.15, 0.2) is 24.3 Å². The Balaban J connectivity index is 3.64. The Hall–Kier alpha value is -1.58. The Morgan fingerprint density at radius 3 is 1.44 bits per heavy atom. The van der Waals surface area contributed by atoms with Gasteiger partial charge in [0.15, 0.2) is 0 Å². The summed E-state index contributed by atoms with van der Waals surface area (Å²) in [6.45, 7) is 4.50. The predicted octanol–water partition coefficient (Wildman–Crippen LogP) is 12.8. The number of unbranched alkanes of at least 4 members (excludes halogenated alkanes) is 22. The SMILES string of the molecule is CCCCC/C=C\C/C=C\CCCCCCCCCCCCCC(=O)OC(CCCCCCCCCCC)CCC(=O)O. The van der Waals surface area contributed by atoms with Gasteiger partial charge in [0.05, 0.1) is 0 Å². The first-order valence-corrected chi connectivity index (χ1v) is 18.8. The van der Waals surface area contributed by atoms with Crippen molar-refractivity contribution in [3.63, 3.8) is 0 Å². The maximum absolute atomic E-state index is 12.4. The second-order valence-corrected chi connectivity index (χ2v) is 12.8. The molecule has 0 bridgehead atoms. The normalized spacial score (nSPS) is 12.4. The Morgan fingerprint density at radius 2 is 0.930 bits per heavy atom. The van der Waals surface area contributed by atoms with Gasteiger partial charge in [-0.3, -0.25) is 9.59 Å². The second-order valence-electron chi connectivity index (χ2n) is 12.8. The molecule has 0 aliphatic carbocycles. The van der Waals surface area contributed by atoms with Crippen molar-refractivity contribution >= 4 is 11.9 Å². The molecule has 4 heteroatoms. The molecule has 0 aromatic heterocycles. The van der Waals surface area contributed by atoms with E-state index in [4.69, 9.17) is 9.84 Å². The molecule has 0 spiro atoms. The Morgan fingerprint density at radius 1 is 0.512 bits per heavy atom. The third-order valence-electron chi connectivity index (χ3n) is 8.44. The number of carboxylic acids is 1. The highest BCUT2D eigenvalue weighted by Gasteiger charge is 2.15. The fourth-order valence-corrected chi connectivity index (χ4v) is 5.62. The standard InChI is InChI=1S/C39H72O4/c1-3-5-7-9-11-13-14-15-16-17-18-19-20-21-22-23-24-26-28-30-32-34-39(42)43-37(35-36-38(40)41)33-31-29-27-25-12-10-8-6-4-2/h11,13,15-16,37H,3-10,12,14,17-36H2,1-2H3,(H,40,41)/b13-11-,16-15-. The highest BCUT2D eigenvalue weighted by atomic mass is 16.5. The number of hydrogen-bond donors (Lipinski definition) is 1. The number of carbonyl (C=O) groups excluding carboxylic acids is 1. The molecule has 0 aromatic carbocycles. The summed E-state index contributed by atoms with van der Waals surface area (Å²) in [5.41, 5.74) is 0. The summed E-state index contributed by atoms with van der Waals surface area (Å²) >= 11 is 0. The van der Waals surface area contributed by atoms with Crippen LogP contribution in [0.5, 0.6) is 0 Å². The van der Waals surface area contributed by atoms with E-state index in [-0.39, 0.29) is 18.5 Å². The van der Waals surface area contributed by atoms with Gasteiger partial charge in [0.25, 0.3) is 0 Å². The van der Waals surface area contributed by atoms with Crippen LogP contribution in [0.3, 0.4) is 0 Å². The molecule has 43 heavy (non-hydrogen) atoms. The molecule has 0 aliphatic heterocycles. The molecule has 1 atom stereocenters. The lowest BCUT2D eigenvalue weighted by molar-refractivity contribution is -0.151. The third kappa shape index (κ3) is 34.8. The van der Waals surface area contributed by atoms with Crippen molar-refractivity contribution < 1.29 is 19.4 Å². The highest BCUT2D eigenvalue weighted by molar-refractivity contribution is 5.69. The summed E-state index contributed by atoms with van der Waals surface area (Å²) in [6, 6.07) is 0. The quantitative estimate of drug-likeness (QED) is 0.0451. The molecule has 0 aliphatic rings. The van der Waals surface area contributed by atoms with Crippen LogP contribution < -0.4 is 0 Å². The van der Waals surface area contributed by atoms with Gasteiger partial charge in [0, 0.05) is 12.8 Å². The largest absolute Gasteiger partial charge is 0.481 e. The van der Waals surface area contributed by atoms with Gasteiger partial charge in [0.2, 0.25) is 0 Å². The topological polar surface area (TPSA) is 63.6 Å². The van der Waals surface area contributed by atoms with E-state index in [9.17, 15) is 9.59 Å². The molecule has 0 saturated heterocycles. The average molecular weight is 605 g/mol. The van der Waals surface area contributed by atoms with Crippen molar-refractivity contribution in [3.8, 4) is 0 Å². The van der Waals surface area contributed by atoms with Gasteiger partial charge in [-0.25, -0.2) is 0 Å². The minimum absolute atomic E-state index is 0.0735. The number of rotatable bonds is 34. The minimum Gasteiger partial charge on any atom is -0.481 e. The molecule has 0 aromatic rings. The van der Waals surface area contributed by atoms with Crippen LogP contribution in [-0.4, -0.2) is 23.1 Å². The van der Waals surface area contributed by atoms with Crippen molar-refractivity contribution in [3.05, 3.63) is 24.3 Å². The van der Waals surface area contributed by atoms with Gasteiger partial charge in [0.1, 0.15) is 6.10 Å². The van der Waals surface area contributed by atoms with E-state index in [1.807, 2.05) is 0 Å². The highest BCUT2D eigenvalue weighted by Crippen LogP contribution is 2.17. The van der Waals surface area contributed by atoms with Gasteiger partial charge >= 0.3 is 11.9 Å². The van der Waals surface area contributed by atoms with Crippen LogP contribution in [0.1, 0.15) is 206 Å². The van der Waals surface area contributed by atoms with Crippen LogP contribution in [0.25, 0.3) is 0 Å². The summed E-state index contributed by atoms with van der Waals surface area (Å²) in [5, 5.41) is 9.07. The van der Waals surface area contributed by atoms with E-state index in [0.29, 0.717) is 12.8 Å². The van der Waals surface area contributed by atoms with Crippen LogP contribution in [0.2, 0.25) is 0 Å². The van der Waals surface area contributed by atoms with Crippen molar-refractivity contribution in [2.75, 3.05) is 0 Å². The van der Waals surface area contributed by atoms with Crippen LogP contribution in [-0.2, 0) is 14.3 Å². The summed E-state index contributed by atoms with van der Waals surface area (Å²) in [4.78, 5) is 23.4. The minimum atomic E-state index is -0.812. The molecular weight excluding hydrogens is 532 g/mol. The maximum atomic E-state index is 12.4. The van der Waals surface area contributed by atoms with E-state index in [1.54, 1.807) is 0 Å². The molecule has 1 unspecified atom stereocenters. The molecule has 1 N–H and O–H groups in total. The van der Waals surface area contributed by atoms with Crippen molar-refractivity contribution in [1.82, 2.24) is 0 Å². The second kappa shape index (κ2) is 34.9. The zero-order valence-corrected chi connectivity index (χ0v) is 28.8. The summed E-state index contributed by atoms with van der Waals surface area (Å²) in [5.74, 6) is -0.954. The van der Waals surface area contributed by atoms with Crippen molar-refractivity contribution in [2.24, 2.45) is 0 Å². The van der Waals surface area contributed by atoms with Crippen LogP contribution in [0.4, 0.5) is 0 Å². The number of carboxylic acid groups (broad SMARTS) is 1. The first-order chi connectivity index (χ1) is 21.1. The lowest BCUT2D eigenvalue weighted by Gasteiger charge is -2.17. The number of esters is 1. The van der Waals surface area contributed by atoms with Gasteiger partial charge in [-0.1, -0.05) is 160 Å². The van der Waals surface area contributed by atoms with Gasteiger partial charge < -0.3 is 9.84 Å². The zero-order valence-electron chi connectivity index (χ0n) is 28.8.